The molecule has 7 atom stereocenters. The van der Waals surface area contributed by atoms with Gasteiger partial charge in [-0.1, -0.05) is 377 Å². The summed E-state index contributed by atoms with van der Waals surface area (Å²) in [5.74, 6) is -0.170. The highest BCUT2D eigenvalue weighted by molar-refractivity contribution is 5.76. The van der Waals surface area contributed by atoms with Gasteiger partial charge in [-0.25, -0.2) is 0 Å². The van der Waals surface area contributed by atoms with Crippen molar-refractivity contribution in [1.82, 2.24) is 5.32 Å². The molecule has 11 heteroatoms. The van der Waals surface area contributed by atoms with E-state index < -0.39 is 49.5 Å². The molecule has 542 valence electrons. The number of hydrogen-bond donors (Lipinski definition) is 6. The zero-order chi connectivity index (χ0) is 66.5. The van der Waals surface area contributed by atoms with Crippen molar-refractivity contribution in [2.45, 2.75) is 448 Å². The van der Waals surface area contributed by atoms with Crippen molar-refractivity contribution in [3.63, 3.8) is 0 Å². The van der Waals surface area contributed by atoms with Crippen LogP contribution in [0, 0.1) is 0 Å². The summed E-state index contributed by atoms with van der Waals surface area (Å²) in [6, 6.07) is -0.829. The maximum atomic E-state index is 13.0. The summed E-state index contributed by atoms with van der Waals surface area (Å²) in [4.78, 5) is 25.1. The Bertz CT molecular complexity index is 1620. The summed E-state index contributed by atoms with van der Waals surface area (Å²) in [6.07, 6.45) is 82.4. The van der Waals surface area contributed by atoms with E-state index in [1.54, 1.807) is 6.08 Å². The first kappa shape index (κ1) is 87.9. The van der Waals surface area contributed by atoms with Crippen LogP contribution < -0.4 is 5.32 Å². The van der Waals surface area contributed by atoms with Gasteiger partial charge in [0.15, 0.2) is 6.29 Å². The lowest BCUT2D eigenvalue weighted by Crippen LogP contribution is -2.60. The van der Waals surface area contributed by atoms with Crippen LogP contribution in [0.15, 0.2) is 36.5 Å². The minimum Gasteiger partial charge on any atom is -0.466 e. The van der Waals surface area contributed by atoms with Crippen LogP contribution in [0.3, 0.4) is 0 Å². The number of aliphatic hydroxyl groups is 5. The molecule has 0 aromatic heterocycles. The average molecular weight is 1300 g/mol. The Morgan fingerprint density at radius 2 is 0.728 bits per heavy atom. The molecule has 0 aromatic rings. The van der Waals surface area contributed by atoms with E-state index in [1.807, 2.05) is 19.1 Å². The van der Waals surface area contributed by atoms with Crippen LogP contribution in [0.1, 0.15) is 406 Å². The predicted molar refractivity (Wildman–Crippen MR) is 389 cm³/mol. The van der Waals surface area contributed by atoms with E-state index in [9.17, 15) is 35.1 Å². The Balaban J connectivity index is 1.82. The molecule has 1 saturated heterocycles. The number of amides is 1. The molecule has 0 saturated carbocycles. The summed E-state index contributed by atoms with van der Waals surface area (Å²) in [7, 11) is 0. The smallest absolute Gasteiger partial charge is 0.305 e. The molecule has 1 rings (SSSR count). The van der Waals surface area contributed by atoms with Crippen LogP contribution in [0.2, 0.25) is 0 Å². The molecule has 0 spiro atoms. The molecule has 1 heterocycles. The Labute approximate surface area is 568 Å². The third-order valence-corrected chi connectivity index (χ3v) is 19.3. The van der Waals surface area contributed by atoms with E-state index in [4.69, 9.17) is 14.2 Å². The minimum absolute atomic E-state index is 0.0222. The highest BCUT2D eigenvalue weighted by atomic mass is 16.7. The fraction of sp³-hybridized carbons (Fsp3) is 0.901. The number of carbonyl (C=O) groups excluding carboxylic acids is 2. The number of ether oxygens (including phenoxy) is 3. The quantitative estimate of drug-likeness (QED) is 0.0195. The summed E-state index contributed by atoms with van der Waals surface area (Å²) >= 11 is 0. The number of allylic oxidation sites excluding steroid dienone is 5. The van der Waals surface area contributed by atoms with Gasteiger partial charge in [0.25, 0.3) is 0 Å². The highest BCUT2D eigenvalue weighted by Gasteiger charge is 2.44. The average Bonchev–Trinajstić information content (AvgIpc) is 0.924. The predicted octanol–water partition coefficient (Wildman–Crippen LogP) is 21.7. The molecule has 6 N–H and O–H groups in total. The van der Waals surface area contributed by atoms with E-state index in [0.717, 1.165) is 57.8 Å². The van der Waals surface area contributed by atoms with E-state index in [2.05, 4.69) is 30.5 Å². The first-order chi connectivity index (χ1) is 45.2. The molecule has 1 aliphatic heterocycles. The van der Waals surface area contributed by atoms with Gasteiger partial charge in [0.05, 0.1) is 32.0 Å². The minimum atomic E-state index is -1.58. The number of rotatable bonds is 72. The number of aliphatic hydroxyl groups excluding tert-OH is 5. The zero-order valence-corrected chi connectivity index (χ0v) is 60.5. The van der Waals surface area contributed by atoms with Gasteiger partial charge in [-0.2, -0.15) is 0 Å². The molecule has 1 amide bonds. The van der Waals surface area contributed by atoms with Crippen molar-refractivity contribution < 1.29 is 49.3 Å². The molecule has 0 aromatic carbocycles. The first-order valence-electron chi connectivity index (χ1n) is 40.2. The molecular weight excluding hydrogens is 1150 g/mol. The van der Waals surface area contributed by atoms with Crippen LogP contribution in [-0.2, 0) is 23.8 Å². The van der Waals surface area contributed by atoms with Crippen molar-refractivity contribution in [3.05, 3.63) is 36.5 Å². The van der Waals surface area contributed by atoms with Crippen molar-refractivity contribution >= 4 is 11.9 Å². The summed E-state index contributed by atoms with van der Waals surface area (Å²) in [6.45, 7) is 4.15. The molecule has 0 radical (unpaired) electrons. The molecule has 7 unspecified atom stereocenters. The van der Waals surface area contributed by atoms with Crippen LogP contribution in [0.5, 0.6) is 0 Å². The van der Waals surface area contributed by atoms with Gasteiger partial charge < -0.3 is 45.1 Å². The third kappa shape index (κ3) is 58.1. The Hall–Kier alpha value is -2.12. The van der Waals surface area contributed by atoms with E-state index in [-0.39, 0.29) is 18.5 Å². The van der Waals surface area contributed by atoms with Gasteiger partial charge in [0.2, 0.25) is 5.91 Å². The van der Waals surface area contributed by atoms with E-state index in [1.165, 1.54) is 321 Å². The Morgan fingerprint density at radius 1 is 0.413 bits per heavy atom. The second-order valence-corrected chi connectivity index (χ2v) is 28.1. The number of esters is 1. The molecular formula is C81H153NO10. The third-order valence-electron chi connectivity index (χ3n) is 19.3. The van der Waals surface area contributed by atoms with Gasteiger partial charge in [-0.3, -0.25) is 9.59 Å². The molecule has 11 nitrogen and oxygen atoms in total. The number of carbonyl (C=O) groups is 2. The summed E-state index contributed by atoms with van der Waals surface area (Å²) in [5, 5.41) is 54.3. The normalized spacial score (nSPS) is 17.7. The standard InChI is InChI=1S/C81H153NO10/c1-3-5-7-9-11-13-14-15-16-43-46-49-53-57-61-65-69-77(86)90-70-66-62-58-54-50-47-44-41-39-37-35-33-31-29-27-25-23-21-19-17-18-20-22-24-26-28-30-32-34-36-38-40-42-45-48-52-56-60-64-68-76(85)82-73(74(84)67-63-59-55-51-12-10-8-6-4-2)72-91-81-80(89)79(88)78(87)75(71-83)92-81/h4,6,12,51,63,67,73-75,78-81,83-84,87-89H,3,5,7-11,13-50,52-62,64-66,68-72H2,1-2H3,(H,82,85)/b6-4+,51-12+,67-63+. The monoisotopic (exact) mass is 1300 g/mol. The maximum Gasteiger partial charge on any atom is 0.305 e. The topological polar surface area (TPSA) is 175 Å². The lowest BCUT2D eigenvalue weighted by atomic mass is 9.99. The van der Waals surface area contributed by atoms with Gasteiger partial charge in [-0.15, -0.1) is 0 Å². The molecule has 0 bridgehead atoms. The lowest BCUT2D eigenvalue weighted by Gasteiger charge is -2.40. The number of hydrogen-bond acceptors (Lipinski definition) is 10. The van der Waals surface area contributed by atoms with Gasteiger partial charge in [-0.05, 0) is 51.9 Å². The second-order valence-electron chi connectivity index (χ2n) is 28.1. The molecule has 92 heavy (non-hydrogen) atoms. The number of nitrogens with one attached hydrogen (secondary N) is 1. The van der Waals surface area contributed by atoms with Crippen molar-refractivity contribution in [1.29, 1.82) is 0 Å². The molecule has 0 aliphatic carbocycles. The Kier molecular flexibility index (Phi) is 67.1. The highest BCUT2D eigenvalue weighted by Crippen LogP contribution is 2.24. The number of unbranched alkanes of at least 4 members (excludes halogenated alkanes) is 55. The Morgan fingerprint density at radius 3 is 1.08 bits per heavy atom. The maximum absolute atomic E-state index is 13.0. The van der Waals surface area contributed by atoms with Crippen molar-refractivity contribution in [2.24, 2.45) is 0 Å². The summed E-state index contributed by atoms with van der Waals surface area (Å²) < 4.78 is 16.7. The van der Waals surface area contributed by atoms with Gasteiger partial charge >= 0.3 is 5.97 Å². The molecule has 1 aliphatic rings. The lowest BCUT2D eigenvalue weighted by molar-refractivity contribution is -0.302. The van der Waals surface area contributed by atoms with Gasteiger partial charge in [0.1, 0.15) is 24.4 Å². The second kappa shape index (κ2) is 70.2. The van der Waals surface area contributed by atoms with Crippen LogP contribution in [0.4, 0.5) is 0 Å². The SMILES string of the molecule is C/C=C/CC/C=C/CC/C=C/C(O)C(COC1OC(CO)C(O)C(O)C1O)NC(=O)CCCCCCCCCCCCCCCCCCCCCCCCCCCCCCCCCCCCCCCCCOC(=O)CCCCCCCCCCCCCCCCCC. The van der Waals surface area contributed by atoms with Crippen LogP contribution in [0.25, 0.3) is 0 Å². The first-order valence-corrected chi connectivity index (χ1v) is 40.2. The fourth-order valence-corrected chi connectivity index (χ4v) is 13.1. The van der Waals surface area contributed by atoms with Crippen molar-refractivity contribution in [3.8, 4) is 0 Å². The summed E-state index contributed by atoms with van der Waals surface area (Å²) in [5.41, 5.74) is 0. The van der Waals surface area contributed by atoms with Crippen LogP contribution >= 0.6 is 0 Å². The van der Waals surface area contributed by atoms with Gasteiger partial charge in [0, 0.05) is 12.8 Å². The largest absolute Gasteiger partial charge is 0.466 e. The van der Waals surface area contributed by atoms with Crippen molar-refractivity contribution in [2.75, 3.05) is 19.8 Å². The van der Waals surface area contributed by atoms with Crippen LogP contribution in [-0.4, -0.2) is 100 Å². The fourth-order valence-electron chi connectivity index (χ4n) is 13.1. The van der Waals surface area contributed by atoms with E-state index >= 15 is 0 Å². The zero-order valence-electron chi connectivity index (χ0n) is 60.5. The van der Waals surface area contributed by atoms with E-state index in [0.29, 0.717) is 19.4 Å². The molecule has 1 fully saturated rings.